The lowest BCUT2D eigenvalue weighted by atomic mass is 9.75. The molecule has 0 N–H and O–H groups in total. The molecule has 1 aliphatic rings. The highest BCUT2D eigenvalue weighted by Crippen LogP contribution is 2.55. The van der Waals surface area contributed by atoms with Crippen LogP contribution in [0, 0.1) is 0 Å². The third kappa shape index (κ3) is 5.20. The van der Waals surface area contributed by atoms with Gasteiger partial charge in [0.05, 0.1) is 0 Å². The molecule has 2 aromatic rings. The third-order valence-electron chi connectivity index (χ3n) is 6.89. The third-order valence-corrected chi connectivity index (χ3v) is 7.54. The average Bonchev–Trinajstić information content (AvgIpc) is 2.69. The van der Waals surface area contributed by atoms with Crippen LogP contribution in [-0.2, 0) is 16.2 Å². The number of hydrogen-bond donors (Lipinski definition) is 0. The Morgan fingerprint density at radius 1 is 0.794 bits per heavy atom. The molecule has 3 rings (SSSR count). The molecule has 1 heterocycles. The first kappa shape index (κ1) is 26.7. The molecule has 186 valence electrons. The molecule has 0 saturated carbocycles. The minimum Gasteiger partial charge on any atom is -0.414 e. The summed E-state index contributed by atoms with van der Waals surface area (Å²) in [6, 6.07) is 8.78. The highest BCUT2D eigenvalue weighted by Gasteiger charge is 2.35. The van der Waals surface area contributed by atoms with Crippen LogP contribution in [0.5, 0.6) is 11.5 Å². The van der Waals surface area contributed by atoms with Crippen molar-refractivity contribution >= 4 is 14.3 Å². The molecule has 2 aromatic carbocycles. The zero-order valence-electron chi connectivity index (χ0n) is 23.1. The number of halogens is 1. The smallest absolute Gasteiger partial charge is 0.414 e. The molecule has 2 unspecified atom stereocenters. The van der Waals surface area contributed by atoms with Crippen molar-refractivity contribution in [2.75, 3.05) is 0 Å². The summed E-state index contributed by atoms with van der Waals surface area (Å²) >= 11 is 0. The summed E-state index contributed by atoms with van der Waals surface area (Å²) in [5.41, 5.74) is 7.22. The van der Waals surface area contributed by atoms with Crippen LogP contribution in [0.3, 0.4) is 0 Å². The molecule has 2 nitrogen and oxygen atoms in total. The van der Waals surface area contributed by atoms with E-state index in [1.54, 1.807) is 0 Å². The van der Waals surface area contributed by atoms with Crippen LogP contribution in [0.25, 0.3) is 5.57 Å². The van der Waals surface area contributed by atoms with E-state index in [1.807, 2.05) is 6.92 Å². The Hall–Kier alpha value is -1.86. The predicted molar refractivity (Wildman–Crippen MR) is 145 cm³/mol. The van der Waals surface area contributed by atoms with Crippen LogP contribution in [0.4, 0.5) is 4.20 Å². The van der Waals surface area contributed by atoms with Gasteiger partial charge in [0.2, 0.25) is 0 Å². The normalized spacial score (nSPS) is 19.4. The molecule has 2 atom stereocenters. The van der Waals surface area contributed by atoms with Crippen molar-refractivity contribution in [2.45, 2.75) is 105 Å². The molecule has 0 spiro atoms. The quantitative estimate of drug-likeness (QED) is 0.375. The van der Waals surface area contributed by atoms with Crippen LogP contribution in [0.2, 0.25) is 0 Å². The van der Waals surface area contributed by atoms with E-state index in [2.05, 4.69) is 107 Å². The van der Waals surface area contributed by atoms with Crippen molar-refractivity contribution < 1.29 is 13.2 Å². The summed E-state index contributed by atoms with van der Waals surface area (Å²) < 4.78 is 27.5. The van der Waals surface area contributed by atoms with Gasteiger partial charge in [-0.1, -0.05) is 93.5 Å². The summed E-state index contributed by atoms with van der Waals surface area (Å²) in [5.74, 6) is 1.22. The molecule has 0 radical (unpaired) electrons. The number of allylic oxidation sites excluding steroid dienone is 2. The van der Waals surface area contributed by atoms with Crippen molar-refractivity contribution in [1.29, 1.82) is 0 Å². The Bertz CT molecular complexity index is 1110. The summed E-state index contributed by atoms with van der Waals surface area (Å²) in [7, 11) is -2.64. The minimum absolute atomic E-state index is 0.0252. The Kier molecular flexibility index (Phi) is 7.06. The molecule has 1 aliphatic heterocycles. The number of rotatable bonds is 1. The Morgan fingerprint density at radius 2 is 1.26 bits per heavy atom. The zero-order chi connectivity index (χ0) is 25.8. The van der Waals surface area contributed by atoms with Crippen LogP contribution in [-0.4, -0.2) is 0 Å². The topological polar surface area (TPSA) is 18.5 Å². The average molecular weight is 485 g/mol. The van der Waals surface area contributed by atoms with Crippen LogP contribution in [0.15, 0.2) is 30.3 Å². The van der Waals surface area contributed by atoms with Gasteiger partial charge in [-0.3, -0.25) is 0 Å². The van der Waals surface area contributed by atoms with E-state index in [4.69, 9.17) is 9.05 Å². The van der Waals surface area contributed by atoms with Gasteiger partial charge in [-0.25, -0.2) is 0 Å². The minimum atomic E-state index is -2.64. The van der Waals surface area contributed by atoms with E-state index in [0.717, 1.165) is 27.8 Å². The van der Waals surface area contributed by atoms with Gasteiger partial charge >= 0.3 is 8.69 Å². The van der Waals surface area contributed by atoms with Crippen molar-refractivity contribution in [2.24, 2.45) is 0 Å². The molecule has 34 heavy (non-hydrogen) atoms. The number of hydrogen-bond acceptors (Lipinski definition) is 2. The first-order valence-corrected chi connectivity index (χ1v) is 13.3. The number of benzene rings is 2. The highest BCUT2D eigenvalue weighted by atomic mass is 31.2. The monoisotopic (exact) mass is 484 g/mol. The van der Waals surface area contributed by atoms with Gasteiger partial charge < -0.3 is 9.05 Å². The Morgan fingerprint density at radius 3 is 1.74 bits per heavy atom. The number of fused-ring (bicyclic) bond motifs is 2. The van der Waals surface area contributed by atoms with Gasteiger partial charge in [0, 0.05) is 28.2 Å². The van der Waals surface area contributed by atoms with Gasteiger partial charge in [-0.05, 0) is 52.9 Å². The molecule has 0 amide bonds. The standard InChI is InChI=1S/C30H42FO2P/c1-13-18(2)22-14-20(28(4,5)6)15-23-19(3)24-16-21(29(7,8)9)17-25(30(10,11)12)27(24)33-34(31)32-26(22)23/h13-17,19H,1-12H3. The largest absolute Gasteiger partial charge is 0.505 e. The molecule has 4 heteroatoms. The first-order chi connectivity index (χ1) is 15.4. The molecule has 0 bridgehead atoms. The van der Waals surface area contributed by atoms with Gasteiger partial charge in [-0.15, -0.1) is 4.20 Å². The summed E-state index contributed by atoms with van der Waals surface area (Å²) in [6.07, 6.45) is 2.06. The van der Waals surface area contributed by atoms with E-state index in [9.17, 15) is 0 Å². The van der Waals surface area contributed by atoms with Crippen LogP contribution in [0.1, 0.15) is 122 Å². The second-order valence-electron chi connectivity index (χ2n) is 12.7. The highest BCUT2D eigenvalue weighted by molar-refractivity contribution is 7.42. The maximum Gasteiger partial charge on any atom is 0.505 e. The van der Waals surface area contributed by atoms with E-state index in [-0.39, 0.29) is 22.2 Å². The SMILES string of the molecule is CC=C(C)c1cc(C(C)(C)C)cc2c1OP(F)Oc1c(cc(C(C)(C)C)cc1C(C)(C)C)C2C. The van der Waals surface area contributed by atoms with Gasteiger partial charge in [-0.2, -0.15) is 0 Å². The van der Waals surface area contributed by atoms with Gasteiger partial charge in [0.25, 0.3) is 0 Å². The van der Waals surface area contributed by atoms with Crippen molar-refractivity contribution in [3.05, 3.63) is 63.7 Å². The van der Waals surface area contributed by atoms with E-state index < -0.39 is 8.69 Å². The Balaban J connectivity index is 2.44. The van der Waals surface area contributed by atoms with E-state index in [0.29, 0.717) is 11.5 Å². The van der Waals surface area contributed by atoms with Crippen molar-refractivity contribution in [3.8, 4) is 11.5 Å². The zero-order valence-corrected chi connectivity index (χ0v) is 24.0. The lowest BCUT2D eigenvalue weighted by Gasteiger charge is -2.34. The van der Waals surface area contributed by atoms with E-state index in [1.165, 1.54) is 11.1 Å². The second-order valence-corrected chi connectivity index (χ2v) is 13.5. The molecule has 0 fully saturated rings. The van der Waals surface area contributed by atoms with Gasteiger partial charge in [0.15, 0.2) is 0 Å². The fourth-order valence-electron chi connectivity index (χ4n) is 4.35. The Labute approximate surface area is 208 Å². The summed E-state index contributed by atoms with van der Waals surface area (Å²) in [4.78, 5) is 0. The molecular weight excluding hydrogens is 442 g/mol. The molecule has 0 saturated heterocycles. The van der Waals surface area contributed by atoms with Crippen molar-refractivity contribution in [1.82, 2.24) is 0 Å². The summed E-state index contributed by atoms with van der Waals surface area (Å²) in [6.45, 7) is 26.0. The van der Waals surface area contributed by atoms with Gasteiger partial charge in [0.1, 0.15) is 11.5 Å². The predicted octanol–water partition coefficient (Wildman–Crippen LogP) is 10.1. The van der Waals surface area contributed by atoms with Crippen LogP contribution < -0.4 is 9.05 Å². The van der Waals surface area contributed by atoms with Crippen molar-refractivity contribution in [3.63, 3.8) is 0 Å². The maximum absolute atomic E-state index is 15.5. The fourth-order valence-corrected chi connectivity index (χ4v) is 5.08. The fraction of sp³-hybridized carbons (Fsp3) is 0.533. The first-order valence-electron chi connectivity index (χ1n) is 12.3. The maximum atomic E-state index is 15.5. The van der Waals surface area contributed by atoms with Crippen LogP contribution >= 0.6 is 8.69 Å². The lowest BCUT2D eigenvalue weighted by molar-refractivity contribution is 0.413. The summed E-state index contributed by atoms with van der Waals surface area (Å²) in [5, 5.41) is 0. The molecule has 0 aromatic heterocycles. The molecular formula is C30H42FO2P. The lowest BCUT2D eigenvalue weighted by Crippen LogP contribution is -2.21. The second kappa shape index (κ2) is 8.98. The van der Waals surface area contributed by atoms with E-state index >= 15 is 4.20 Å². The molecule has 0 aliphatic carbocycles.